The van der Waals surface area contributed by atoms with Crippen LogP contribution in [0.15, 0.2) is 17.8 Å². The molecule has 0 spiro atoms. The number of hydrogen-bond acceptors (Lipinski definition) is 5. The van der Waals surface area contributed by atoms with Crippen molar-refractivity contribution in [3.63, 3.8) is 0 Å². The molecule has 2 aromatic heterocycles. The first-order chi connectivity index (χ1) is 7.75. The first-order valence-electron chi connectivity index (χ1n) is 5.30. The number of hydrogen-bond donors (Lipinski definition) is 1. The zero-order valence-electron chi connectivity index (χ0n) is 9.43. The monoisotopic (exact) mass is 253 g/mol. The highest BCUT2D eigenvalue weighted by Crippen LogP contribution is 2.15. The second-order valence-corrected chi connectivity index (χ2v) is 5.91. The van der Waals surface area contributed by atoms with Crippen LogP contribution in [0.2, 0.25) is 0 Å². The third-order valence-corrected chi connectivity index (χ3v) is 4.21. The lowest BCUT2D eigenvalue weighted by molar-refractivity contribution is 0.573. The van der Waals surface area contributed by atoms with Gasteiger partial charge in [0.25, 0.3) is 0 Å². The van der Waals surface area contributed by atoms with Crippen molar-refractivity contribution in [3.05, 3.63) is 32.7 Å². The fraction of sp³-hybridized carbons (Fsp3) is 0.455. The summed E-state index contributed by atoms with van der Waals surface area (Å²) < 4.78 is 0. The Balaban J connectivity index is 1.76. The van der Waals surface area contributed by atoms with Crippen LogP contribution in [-0.4, -0.2) is 16.5 Å². The molecule has 0 aliphatic rings. The van der Waals surface area contributed by atoms with E-state index in [1.807, 2.05) is 17.8 Å². The van der Waals surface area contributed by atoms with E-state index in [-0.39, 0.29) is 0 Å². The third-order valence-electron chi connectivity index (χ3n) is 2.28. The maximum Gasteiger partial charge on any atom is 0.109 e. The van der Waals surface area contributed by atoms with Crippen LogP contribution in [0, 0.1) is 6.92 Å². The third kappa shape index (κ3) is 3.10. The van der Waals surface area contributed by atoms with Gasteiger partial charge in [0.05, 0.1) is 11.0 Å². The zero-order chi connectivity index (χ0) is 11.4. The van der Waals surface area contributed by atoms with Crippen molar-refractivity contribution in [3.8, 4) is 0 Å². The number of aromatic nitrogens is 2. The molecule has 2 heterocycles. The van der Waals surface area contributed by atoms with Crippen LogP contribution >= 0.6 is 22.7 Å². The normalized spacial score (nSPS) is 12.9. The molecule has 0 amide bonds. The SMILES string of the molecule is Cc1cnc(CCNC(C)c2nccs2)s1. The predicted molar refractivity (Wildman–Crippen MR) is 69.1 cm³/mol. The molecule has 1 unspecified atom stereocenters. The Morgan fingerprint density at radius 2 is 2.31 bits per heavy atom. The van der Waals surface area contributed by atoms with E-state index in [0.717, 1.165) is 18.0 Å². The molecule has 5 heteroatoms. The first kappa shape index (κ1) is 11.7. The Kier molecular flexibility index (Phi) is 4.04. The molecule has 0 saturated heterocycles. The fourth-order valence-electron chi connectivity index (χ4n) is 1.45. The van der Waals surface area contributed by atoms with Crippen LogP contribution in [-0.2, 0) is 6.42 Å². The second kappa shape index (κ2) is 5.52. The van der Waals surface area contributed by atoms with Crippen molar-refractivity contribution in [1.82, 2.24) is 15.3 Å². The molecule has 16 heavy (non-hydrogen) atoms. The summed E-state index contributed by atoms with van der Waals surface area (Å²) in [6.07, 6.45) is 4.78. The summed E-state index contributed by atoms with van der Waals surface area (Å²) in [5.41, 5.74) is 0. The number of rotatable bonds is 5. The molecule has 1 N–H and O–H groups in total. The number of thiazole rings is 2. The topological polar surface area (TPSA) is 37.8 Å². The molecule has 86 valence electrons. The smallest absolute Gasteiger partial charge is 0.109 e. The van der Waals surface area contributed by atoms with E-state index < -0.39 is 0 Å². The van der Waals surface area contributed by atoms with Gasteiger partial charge in [0.1, 0.15) is 5.01 Å². The zero-order valence-corrected chi connectivity index (χ0v) is 11.1. The molecule has 0 aromatic carbocycles. The summed E-state index contributed by atoms with van der Waals surface area (Å²) in [5, 5.41) is 7.82. The second-order valence-electron chi connectivity index (χ2n) is 3.66. The van der Waals surface area contributed by atoms with E-state index in [1.165, 1.54) is 9.88 Å². The molecule has 2 rings (SSSR count). The molecule has 0 fully saturated rings. The minimum Gasteiger partial charge on any atom is -0.308 e. The van der Waals surface area contributed by atoms with Gasteiger partial charge in [0.15, 0.2) is 0 Å². The Morgan fingerprint density at radius 3 is 2.94 bits per heavy atom. The van der Waals surface area contributed by atoms with Crippen LogP contribution in [0.4, 0.5) is 0 Å². The lowest BCUT2D eigenvalue weighted by atomic mass is 10.3. The van der Waals surface area contributed by atoms with Crippen LogP contribution in [0.25, 0.3) is 0 Å². The maximum atomic E-state index is 4.34. The number of aryl methyl sites for hydroxylation is 1. The van der Waals surface area contributed by atoms with E-state index >= 15 is 0 Å². The number of nitrogens with one attached hydrogen (secondary N) is 1. The van der Waals surface area contributed by atoms with E-state index in [2.05, 4.69) is 29.1 Å². The summed E-state index contributed by atoms with van der Waals surface area (Å²) in [6.45, 7) is 5.19. The molecule has 1 atom stereocenters. The lowest BCUT2D eigenvalue weighted by Crippen LogP contribution is -2.21. The van der Waals surface area contributed by atoms with Crippen LogP contribution in [0.1, 0.15) is 27.9 Å². The highest BCUT2D eigenvalue weighted by Gasteiger charge is 2.07. The van der Waals surface area contributed by atoms with Gasteiger partial charge in [-0.25, -0.2) is 9.97 Å². The van der Waals surface area contributed by atoms with Gasteiger partial charge in [-0.1, -0.05) is 0 Å². The van der Waals surface area contributed by atoms with Crippen LogP contribution in [0.3, 0.4) is 0 Å². The highest BCUT2D eigenvalue weighted by atomic mass is 32.1. The standard InChI is InChI=1S/C11H15N3S2/c1-8-7-14-10(16-8)3-4-12-9(2)11-13-5-6-15-11/h5-7,9,12H,3-4H2,1-2H3. The molecule has 3 nitrogen and oxygen atoms in total. The molecule has 0 bridgehead atoms. The van der Waals surface area contributed by atoms with E-state index in [9.17, 15) is 0 Å². The van der Waals surface area contributed by atoms with Gasteiger partial charge in [-0.15, -0.1) is 22.7 Å². The predicted octanol–water partition coefficient (Wildman–Crippen LogP) is 2.80. The van der Waals surface area contributed by atoms with Crippen molar-refractivity contribution >= 4 is 22.7 Å². The summed E-state index contributed by atoms with van der Waals surface area (Å²) in [4.78, 5) is 9.91. The minimum atomic E-state index is 0.334. The average molecular weight is 253 g/mol. The Bertz CT molecular complexity index is 422. The average Bonchev–Trinajstić information content (AvgIpc) is 2.89. The Hall–Kier alpha value is -0.780. The minimum absolute atomic E-state index is 0.334. The maximum absolute atomic E-state index is 4.34. The van der Waals surface area contributed by atoms with E-state index in [4.69, 9.17) is 0 Å². The summed E-state index contributed by atoms with van der Waals surface area (Å²) in [5.74, 6) is 0. The largest absolute Gasteiger partial charge is 0.308 e. The van der Waals surface area contributed by atoms with Gasteiger partial charge in [-0.3, -0.25) is 0 Å². The molecule has 0 radical (unpaired) electrons. The van der Waals surface area contributed by atoms with Crippen molar-refractivity contribution in [2.45, 2.75) is 26.3 Å². The van der Waals surface area contributed by atoms with Crippen molar-refractivity contribution in [2.24, 2.45) is 0 Å². The molecular weight excluding hydrogens is 238 g/mol. The van der Waals surface area contributed by atoms with Crippen molar-refractivity contribution < 1.29 is 0 Å². The summed E-state index contributed by atoms with van der Waals surface area (Å²) in [7, 11) is 0. The lowest BCUT2D eigenvalue weighted by Gasteiger charge is -2.09. The van der Waals surface area contributed by atoms with Gasteiger partial charge in [0.2, 0.25) is 0 Å². The molecular formula is C11H15N3S2. The van der Waals surface area contributed by atoms with Gasteiger partial charge in [-0.05, 0) is 13.8 Å². The van der Waals surface area contributed by atoms with Gasteiger partial charge in [0, 0.05) is 35.6 Å². The fourth-order valence-corrected chi connectivity index (χ4v) is 2.91. The quantitative estimate of drug-likeness (QED) is 0.890. The number of nitrogens with zero attached hydrogens (tertiary/aromatic N) is 2. The van der Waals surface area contributed by atoms with Gasteiger partial charge < -0.3 is 5.32 Å². The molecule has 0 saturated carbocycles. The Morgan fingerprint density at radius 1 is 1.44 bits per heavy atom. The molecule has 2 aromatic rings. The summed E-state index contributed by atoms with van der Waals surface area (Å²) >= 11 is 3.47. The van der Waals surface area contributed by atoms with E-state index in [1.54, 1.807) is 22.7 Å². The van der Waals surface area contributed by atoms with Gasteiger partial charge in [-0.2, -0.15) is 0 Å². The molecule has 0 aliphatic heterocycles. The van der Waals surface area contributed by atoms with Crippen LogP contribution in [0.5, 0.6) is 0 Å². The van der Waals surface area contributed by atoms with E-state index in [0.29, 0.717) is 6.04 Å². The van der Waals surface area contributed by atoms with Crippen LogP contribution < -0.4 is 5.32 Å². The van der Waals surface area contributed by atoms with Crippen molar-refractivity contribution in [1.29, 1.82) is 0 Å². The van der Waals surface area contributed by atoms with Crippen molar-refractivity contribution in [2.75, 3.05) is 6.54 Å². The highest BCUT2D eigenvalue weighted by molar-refractivity contribution is 7.11. The first-order valence-corrected chi connectivity index (χ1v) is 6.99. The summed E-state index contributed by atoms with van der Waals surface area (Å²) in [6, 6.07) is 0.334. The molecule has 0 aliphatic carbocycles. The Labute approximate surface area is 104 Å². The van der Waals surface area contributed by atoms with Gasteiger partial charge >= 0.3 is 0 Å².